The van der Waals surface area contributed by atoms with Crippen LogP contribution in [-0.4, -0.2) is 42.4 Å². The maximum Gasteiger partial charge on any atom is 0.410 e. The number of hydrogen-bond donors (Lipinski definition) is 0. The number of rotatable bonds is 3. The zero-order valence-corrected chi connectivity index (χ0v) is 15.1. The molecular weight excluding hydrogens is 314 g/mol. The van der Waals surface area contributed by atoms with Gasteiger partial charge in [0.05, 0.1) is 12.6 Å². The van der Waals surface area contributed by atoms with Crippen LogP contribution in [0.2, 0.25) is 5.02 Å². The summed E-state index contributed by atoms with van der Waals surface area (Å²) >= 11 is 5.94. The molecule has 1 amide bonds. The smallest absolute Gasteiger partial charge is 0.410 e. The number of methoxy groups -OCH3 is 1. The van der Waals surface area contributed by atoms with Crippen LogP contribution in [0.25, 0.3) is 0 Å². The molecule has 0 N–H and O–H groups in total. The molecule has 0 saturated carbocycles. The maximum absolute atomic E-state index is 12.6. The van der Waals surface area contributed by atoms with Gasteiger partial charge >= 0.3 is 6.09 Å². The van der Waals surface area contributed by atoms with Gasteiger partial charge in [0.1, 0.15) is 5.60 Å². The van der Waals surface area contributed by atoms with Gasteiger partial charge in [0.2, 0.25) is 0 Å². The van der Waals surface area contributed by atoms with Gasteiger partial charge in [-0.3, -0.25) is 0 Å². The number of benzene rings is 1. The van der Waals surface area contributed by atoms with E-state index in [1.165, 1.54) is 5.56 Å². The number of piperidine rings is 1. The highest BCUT2D eigenvalue weighted by Gasteiger charge is 2.34. The minimum atomic E-state index is -0.498. The first-order valence-electron chi connectivity index (χ1n) is 8.05. The first-order valence-corrected chi connectivity index (χ1v) is 8.43. The van der Waals surface area contributed by atoms with E-state index in [0.29, 0.717) is 6.54 Å². The van der Waals surface area contributed by atoms with Crippen molar-refractivity contribution < 1.29 is 14.3 Å². The van der Waals surface area contributed by atoms with E-state index in [9.17, 15) is 4.79 Å². The molecule has 2 atom stereocenters. The number of amides is 1. The standard InChI is InChI=1S/C18H26ClNO3/c1-18(2,3)23-17(21)20-12-16(22-4)10-9-15(20)11-13-5-7-14(19)8-6-13/h5-8,15-16H,9-12H2,1-4H3. The van der Waals surface area contributed by atoms with E-state index >= 15 is 0 Å². The lowest BCUT2D eigenvalue weighted by Crippen LogP contribution is -2.51. The van der Waals surface area contributed by atoms with Crippen molar-refractivity contribution in [2.24, 2.45) is 0 Å². The second-order valence-corrected chi connectivity index (χ2v) is 7.49. The Morgan fingerprint density at radius 1 is 1.26 bits per heavy atom. The molecule has 128 valence electrons. The minimum Gasteiger partial charge on any atom is -0.444 e. The second-order valence-electron chi connectivity index (χ2n) is 7.05. The van der Waals surface area contributed by atoms with Crippen LogP contribution in [0.1, 0.15) is 39.2 Å². The average Bonchev–Trinajstić information content (AvgIpc) is 2.48. The van der Waals surface area contributed by atoms with Crippen LogP contribution in [0.4, 0.5) is 4.79 Å². The molecule has 0 aliphatic carbocycles. The van der Waals surface area contributed by atoms with Crippen LogP contribution < -0.4 is 0 Å². The molecule has 0 aromatic heterocycles. The summed E-state index contributed by atoms with van der Waals surface area (Å²) < 4.78 is 11.0. The predicted octanol–water partition coefficient (Wildman–Crippen LogP) is 4.30. The van der Waals surface area contributed by atoms with Crippen molar-refractivity contribution >= 4 is 17.7 Å². The number of likely N-dealkylation sites (tertiary alicyclic amines) is 1. The third-order valence-electron chi connectivity index (χ3n) is 4.01. The van der Waals surface area contributed by atoms with Crippen LogP contribution in [0.15, 0.2) is 24.3 Å². The predicted molar refractivity (Wildman–Crippen MR) is 91.9 cm³/mol. The van der Waals surface area contributed by atoms with E-state index in [0.717, 1.165) is 24.3 Å². The van der Waals surface area contributed by atoms with Crippen LogP contribution >= 0.6 is 11.6 Å². The zero-order valence-electron chi connectivity index (χ0n) is 14.3. The van der Waals surface area contributed by atoms with Crippen LogP contribution in [0.5, 0.6) is 0 Å². The SMILES string of the molecule is COC1CCC(Cc2ccc(Cl)cc2)N(C(=O)OC(C)(C)C)C1. The number of carbonyl (C=O) groups is 1. The van der Waals surface area contributed by atoms with Crippen LogP contribution in [-0.2, 0) is 15.9 Å². The fraction of sp³-hybridized carbons (Fsp3) is 0.611. The van der Waals surface area contributed by atoms with E-state index in [2.05, 4.69) is 0 Å². The highest BCUT2D eigenvalue weighted by atomic mass is 35.5. The zero-order chi connectivity index (χ0) is 17.0. The first kappa shape index (κ1) is 18.1. The fourth-order valence-electron chi connectivity index (χ4n) is 2.84. The van der Waals surface area contributed by atoms with E-state index < -0.39 is 5.60 Å². The quantitative estimate of drug-likeness (QED) is 0.824. The van der Waals surface area contributed by atoms with Crippen LogP contribution in [0, 0.1) is 0 Å². The molecular formula is C18H26ClNO3. The van der Waals surface area contributed by atoms with E-state index in [1.54, 1.807) is 7.11 Å². The van der Waals surface area contributed by atoms with Crippen molar-refractivity contribution in [2.75, 3.05) is 13.7 Å². The first-order chi connectivity index (χ1) is 10.8. The summed E-state index contributed by atoms with van der Waals surface area (Å²) in [5, 5.41) is 0.723. The van der Waals surface area contributed by atoms with E-state index in [-0.39, 0.29) is 18.2 Å². The van der Waals surface area contributed by atoms with Crippen molar-refractivity contribution in [3.8, 4) is 0 Å². The third kappa shape index (κ3) is 5.40. The molecule has 2 rings (SSSR count). The van der Waals surface area contributed by atoms with Crippen molar-refractivity contribution in [3.05, 3.63) is 34.9 Å². The van der Waals surface area contributed by atoms with Gasteiger partial charge in [-0.2, -0.15) is 0 Å². The van der Waals surface area contributed by atoms with Crippen molar-refractivity contribution in [2.45, 2.75) is 57.8 Å². The lowest BCUT2D eigenvalue weighted by Gasteiger charge is -2.39. The van der Waals surface area contributed by atoms with Crippen LogP contribution in [0.3, 0.4) is 0 Å². The van der Waals surface area contributed by atoms with Gasteiger partial charge in [0, 0.05) is 18.2 Å². The molecule has 0 bridgehead atoms. The number of carbonyl (C=O) groups excluding carboxylic acids is 1. The molecule has 4 nitrogen and oxygen atoms in total. The molecule has 1 fully saturated rings. The number of hydrogen-bond acceptors (Lipinski definition) is 3. The Labute approximate surface area is 143 Å². The maximum atomic E-state index is 12.6. The Bertz CT molecular complexity index is 524. The number of halogens is 1. The molecule has 0 radical (unpaired) electrons. The highest BCUT2D eigenvalue weighted by Crippen LogP contribution is 2.25. The summed E-state index contributed by atoms with van der Waals surface area (Å²) in [6, 6.07) is 7.92. The Kier molecular flexibility index (Phi) is 5.93. The molecule has 1 aliphatic heterocycles. The monoisotopic (exact) mass is 339 g/mol. The van der Waals surface area contributed by atoms with Gasteiger partial charge in [0.25, 0.3) is 0 Å². The third-order valence-corrected chi connectivity index (χ3v) is 4.26. The topological polar surface area (TPSA) is 38.8 Å². The summed E-state index contributed by atoms with van der Waals surface area (Å²) in [5.74, 6) is 0. The fourth-order valence-corrected chi connectivity index (χ4v) is 2.96. The van der Waals surface area contributed by atoms with E-state index in [1.807, 2.05) is 49.9 Å². The molecule has 1 aromatic carbocycles. The van der Waals surface area contributed by atoms with E-state index in [4.69, 9.17) is 21.1 Å². The Balaban J connectivity index is 2.11. The summed E-state index contributed by atoms with van der Waals surface area (Å²) in [7, 11) is 1.69. The summed E-state index contributed by atoms with van der Waals surface area (Å²) in [6.07, 6.45) is 2.46. The molecule has 5 heteroatoms. The largest absolute Gasteiger partial charge is 0.444 e. The lowest BCUT2D eigenvalue weighted by molar-refractivity contribution is -0.0233. The van der Waals surface area contributed by atoms with Crippen molar-refractivity contribution in [1.29, 1.82) is 0 Å². The Morgan fingerprint density at radius 2 is 1.91 bits per heavy atom. The van der Waals surface area contributed by atoms with Gasteiger partial charge in [-0.05, 0) is 57.7 Å². The molecule has 1 aliphatic rings. The highest BCUT2D eigenvalue weighted by molar-refractivity contribution is 6.30. The molecule has 2 unspecified atom stereocenters. The van der Waals surface area contributed by atoms with Crippen molar-refractivity contribution in [1.82, 2.24) is 4.90 Å². The van der Waals surface area contributed by atoms with Gasteiger partial charge in [-0.25, -0.2) is 4.79 Å². The summed E-state index contributed by atoms with van der Waals surface area (Å²) in [5.41, 5.74) is 0.672. The second kappa shape index (κ2) is 7.54. The molecule has 23 heavy (non-hydrogen) atoms. The van der Waals surface area contributed by atoms with Gasteiger partial charge in [-0.15, -0.1) is 0 Å². The van der Waals surface area contributed by atoms with Gasteiger partial charge in [-0.1, -0.05) is 23.7 Å². The number of nitrogens with zero attached hydrogens (tertiary/aromatic N) is 1. The molecule has 1 saturated heterocycles. The lowest BCUT2D eigenvalue weighted by atomic mass is 9.94. The Morgan fingerprint density at radius 3 is 2.48 bits per heavy atom. The normalized spacial score (nSPS) is 22.0. The minimum absolute atomic E-state index is 0.0731. The van der Waals surface area contributed by atoms with Gasteiger partial charge in [0.15, 0.2) is 0 Å². The summed E-state index contributed by atoms with van der Waals surface area (Å²) in [6.45, 7) is 6.23. The molecule has 1 aromatic rings. The molecule has 0 spiro atoms. The summed E-state index contributed by atoms with van der Waals surface area (Å²) in [4.78, 5) is 14.4. The van der Waals surface area contributed by atoms with Gasteiger partial charge < -0.3 is 14.4 Å². The number of ether oxygens (including phenoxy) is 2. The average molecular weight is 340 g/mol. The molecule has 1 heterocycles. The Hall–Kier alpha value is -1.26. The van der Waals surface area contributed by atoms with Crippen molar-refractivity contribution in [3.63, 3.8) is 0 Å².